The summed E-state index contributed by atoms with van der Waals surface area (Å²) in [6.45, 7) is 2.00. The van der Waals surface area contributed by atoms with E-state index in [1.54, 1.807) is 25.1 Å². The number of amides is 1. The van der Waals surface area contributed by atoms with E-state index in [0.717, 1.165) is 5.56 Å². The first kappa shape index (κ1) is 15.5. The second-order valence-electron chi connectivity index (χ2n) is 4.45. The molecule has 110 valence electrons. The maximum absolute atomic E-state index is 11.9. The van der Waals surface area contributed by atoms with Crippen molar-refractivity contribution in [2.75, 3.05) is 6.54 Å². The highest BCUT2D eigenvalue weighted by atomic mass is 35.5. The summed E-state index contributed by atoms with van der Waals surface area (Å²) in [7, 11) is 0. The SMILES string of the molecule is Cc1ncc(C(=O)NCCc2ccc(Cl)cc2Cl)c(=O)[nH]1. The van der Waals surface area contributed by atoms with Crippen LogP contribution in [-0.4, -0.2) is 22.4 Å². The smallest absolute Gasteiger partial charge is 0.263 e. The van der Waals surface area contributed by atoms with Gasteiger partial charge in [0.1, 0.15) is 11.4 Å². The predicted molar refractivity (Wildman–Crippen MR) is 82.1 cm³/mol. The van der Waals surface area contributed by atoms with Gasteiger partial charge in [-0.1, -0.05) is 29.3 Å². The normalized spacial score (nSPS) is 10.4. The Hall–Kier alpha value is -1.85. The number of hydrogen-bond donors (Lipinski definition) is 2. The first-order valence-electron chi connectivity index (χ1n) is 6.25. The Kier molecular flexibility index (Phi) is 4.98. The zero-order valence-electron chi connectivity index (χ0n) is 11.2. The Morgan fingerprint density at radius 2 is 2.14 bits per heavy atom. The molecule has 0 saturated carbocycles. The molecule has 0 unspecified atom stereocenters. The molecule has 1 amide bonds. The predicted octanol–water partition coefficient (Wildman–Crippen LogP) is 2.36. The molecule has 0 radical (unpaired) electrons. The molecule has 0 saturated heterocycles. The van der Waals surface area contributed by atoms with Crippen molar-refractivity contribution in [2.24, 2.45) is 0 Å². The van der Waals surface area contributed by atoms with Crippen molar-refractivity contribution in [3.8, 4) is 0 Å². The van der Waals surface area contributed by atoms with Gasteiger partial charge < -0.3 is 10.3 Å². The zero-order valence-corrected chi connectivity index (χ0v) is 12.8. The molecule has 2 aromatic rings. The van der Waals surface area contributed by atoms with Crippen LogP contribution in [0.2, 0.25) is 10.0 Å². The third-order valence-electron chi connectivity index (χ3n) is 2.87. The van der Waals surface area contributed by atoms with Crippen LogP contribution in [0.1, 0.15) is 21.7 Å². The Morgan fingerprint density at radius 3 is 2.81 bits per heavy atom. The molecule has 1 aromatic heterocycles. The van der Waals surface area contributed by atoms with E-state index in [0.29, 0.717) is 28.8 Å². The van der Waals surface area contributed by atoms with Crippen LogP contribution >= 0.6 is 23.2 Å². The number of carbonyl (C=O) groups is 1. The Morgan fingerprint density at radius 1 is 1.38 bits per heavy atom. The van der Waals surface area contributed by atoms with Gasteiger partial charge in [0, 0.05) is 22.8 Å². The molecule has 5 nitrogen and oxygen atoms in total. The average molecular weight is 326 g/mol. The summed E-state index contributed by atoms with van der Waals surface area (Å²) in [4.78, 5) is 29.9. The molecule has 2 N–H and O–H groups in total. The van der Waals surface area contributed by atoms with Crippen LogP contribution < -0.4 is 10.9 Å². The molecular formula is C14H13Cl2N3O2. The summed E-state index contributed by atoms with van der Waals surface area (Å²) < 4.78 is 0. The highest BCUT2D eigenvalue weighted by Gasteiger charge is 2.11. The van der Waals surface area contributed by atoms with Crippen molar-refractivity contribution in [3.63, 3.8) is 0 Å². The van der Waals surface area contributed by atoms with Crippen molar-refractivity contribution in [1.82, 2.24) is 15.3 Å². The lowest BCUT2D eigenvalue weighted by molar-refractivity contribution is 0.0952. The zero-order chi connectivity index (χ0) is 15.4. The molecule has 0 aliphatic heterocycles. The second kappa shape index (κ2) is 6.74. The fraction of sp³-hybridized carbons (Fsp3) is 0.214. The number of aromatic nitrogens is 2. The maximum atomic E-state index is 11.9. The van der Waals surface area contributed by atoms with Crippen LogP contribution in [0.5, 0.6) is 0 Å². The number of aryl methyl sites for hydroxylation is 1. The highest BCUT2D eigenvalue weighted by Crippen LogP contribution is 2.20. The number of rotatable bonds is 4. The number of nitrogens with zero attached hydrogens (tertiary/aromatic N) is 1. The van der Waals surface area contributed by atoms with E-state index in [2.05, 4.69) is 15.3 Å². The van der Waals surface area contributed by atoms with E-state index in [4.69, 9.17) is 23.2 Å². The molecule has 2 rings (SSSR count). The molecule has 0 bridgehead atoms. The van der Waals surface area contributed by atoms with Gasteiger partial charge in [0.25, 0.3) is 11.5 Å². The quantitative estimate of drug-likeness (QED) is 0.906. The van der Waals surface area contributed by atoms with Crippen LogP contribution in [0, 0.1) is 6.92 Å². The molecule has 0 fully saturated rings. The van der Waals surface area contributed by atoms with Gasteiger partial charge in [-0.25, -0.2) is 4.98 Å². The minimum atomic E-state index is -0.464. The number of benzene rings is 1. The topological polar surface area (TPSA) is 74.8 Å². The number of hydrogen-bond acceptors (Lipinski definition) is 3. The molecule has 1 heterocycles. The maximum Gasteiger partial charge on any atom is 0.263 e. The molecule has 7 heteroatoms. The van der Waals surface area contributed by atoms with Crippen LogP contribution in [0.15, 0.2) is 29.2 Å². The van der Waals surface area contributed by atoms with E-state index in [1.807, 2.05) is 0 Å². The number of nitrogens with one attached hydrogen (secondary N) is 2. The molecule has 0 atom stereocenters. The number of aromatic amines is 1. The summed E-state index contributed by atoms with van der Waals surface area (Å²) in [5.74, 6) is -0.00154. The van der Waals surface area contributed by atoms with Gasteiger partial charge in [0.2, 0.25) is 0 Å². The third-order valence-corrected chi connectivity index (χ3v) is 3.45. The number of H-pyrrole nitrogens is 1. The summed E-state index contributed by atoms with van der Waals surface area (Å²) in [6.07, 6.45) is 1.80. The summed E-state index contributed by atoms with van der Waals surface area (Å²) in [5, 5.41) is 3.77. The van der Waals surface area contributed by atoms with Gasteiger partial charge in [0.05, 0.1) is 0 Å². The molecule has 1 aromatic carbocycles. The minimum absolute atomic E-state index is 0.0113. The van der Waals surface area contributed by atoms with Crippen LogP contribution in [0.4, 0.5) is 0 Å². The molecule has 0 aliphatic rings. The highest BCUT2D eigenvalue weighted by molar-refractivity contribution is 6.35. The Labute approximate surface area is 131 Å². The Balaban J connectivity index is 1.97. The van der Waals surface area contributed by atoms with Gasteiger partial charge in [-0.2, -0.15) is 0 Å². The van der Waals surface area contributed by atoms with Crippen LogP contribution in [0.25, 0.3) is 0 Å². The summed E-state index contributed by atoms with van der Waals surface area (Å²) >= 11 is 11.9. The summed E-state index contributed by atoms with van der Waals surface area (Å²) in [6, 6.07) is 5.19. The van der Waals surface area contributed by atoms with E-state index >= 15 is 0 Å². The van der Waals surface area contributed by atoms with E-state index < -0.39 is 11.5 Å². The first-order valence-corrected chi connectivity index (χ1v) is 7.01. The standard InChI is InChI=1S/C14H13Cl2N3O2/c1-8-18-7-11(14(21)19-8)13(20)17-5-4-9-2-3-10(15)6-12(9)16/h2-3,6-7H,4-5H2,1H3,(H,17,20)(H,18,19,21). The Bertz CT molecular complexity index is 728. The van der Waals surface area contributed by atoms with Crippen molar-refractivity contribution in [3.05, 3.63) is 61.7 Å². The summed E-state index contributed by atoms with van der Waals surface area (Å²) in [5.41, 5.74) is 0.407. The van der Waals surface area contributed by atoms with Gasteiger partial charge >= 0.3 is 0 Å². The lowest BCUT2D eigenvalue weighted by Crippen LogP contribution is -2.31. The van der Waals surface area contributed by atoms with Gasteiger partial charge in [-0.05, 0) is 31.0 Å². The van der Waals surface area contributed by atoms with Crippen LogP contribution in [0.3, 0.4) is 0 Å². The molecular weight excluding hydrogens is 313 g/mol. The van der Waals surface area contributed by atoms with Gasteiger partial charge in [-0.3, -0.25) is 9.59 Å². The largest absolute Gasteiger partial charge is 0.351 e. The van der Waals surface area contributed by atoms with Gasteiger partial charge in [0.15, 0.2) is 0 Å². The second-order valence-corrected chi connectivity index (χ2v) is 5.30. The third kappa shape index (κ3) is 4.06. The number of carbonyl (C=O) groups excluding carboxylic acids is 1. The number of halogens is 2. The molecule has 21 heavy (non-hydrogen) atoms. The fourth-order valence-electron chi connectivity index (χ4n) is 1.78. The van der Waals surface area contributed by atoms with E-state index in [1.165, 1.54) is 6.20 Å². The van der Waals surface area contributed by atoms with Gasteiger partial charge in [-0.15, -0.1) is 0 Å². The van der Waals surface area contributed by atoms with E-state index in [9.17, 15) is 9.59 Å². The molecule has 0 aliphatic carbocycles. The fourth-order valence-corrected chi connectivity index (χ4v) is 2.28. The van der Waals surface area contributed by atoms with Crippen LogP contribution in [-0.2, 0) is 6.42 Å². The molecule has 0 spiro atoms. The average Bonchev–Trinajstić information content (AvgIpc) is 2.41. The first-order chi connectivity index (χ1) is 9.97. The lowest BCUT2D eigenvalue weighted by atomic mass is 10.1. The van der Waals surface area contributed by atoms with E-state index in [-0.39, 0.29) is 5.56 Å². The van der Waals surface area contributed by atoms with Crippen molar-refractivity contribution in [2.45, 2.75) is 13.3 Å². The lowest BCUT2D eigenvalue weighted by Gasteiger charge is -2.07. The minimum Gasteiger partial charge on any atom is -0.351 e. The monoisotopic (exact) mass is 325 g/mol. The van der Waals surface area contributed by atoms with Crippen molar-refractivity contribution < 1.29 is 4.79 Å². The van der Waals surface area contributed by atoms with Crippen molar-refractivity contribution >= 4 is 29.1 Å². The van der Waals surface area contributed by atoms with Crippen molar-refractivity contribution in [1.29, 1.82) is 0 Å².